The van der Waals surface area contributed by atoms with Gasteiger partial charge < -0.3 is 16.0 Å². The Morgan fingerprint density at radius 1 is 1.41 bits per heavy atom. The minimum absolute atomic E-state index is 0.204. The minimum Gasteiger partial charge on any atom is -0.347 e. The van der Waals surface area contributed by atoms with Crippen LogP contribution >= 0.6 is 0 Å². The fourth-order valence-corrected chi connectivity index (χ4v) is 2.34. The molecular weight excluding hydrogens is 218 g/mol. The Bertz CT molecular complexity index is 281. The van der Waals surface area contributed by atoms with Crippen LogP contribution in [0, 0.1) is 5.92 Å². The molecule has 2 atom stereocenters. The predicted molar refractivity (Wildman–Crippen MR) is 66.3 cm³/mol. The molecule has 1 saturated carbocycles. The average Bonchev–Trinajstić information content (AvgIpc) is 2.34. The molecule has 0 aliphatic heterocycles. The number of nitrogens with two attached hydrogens (primary N) is 1. The van der Waals surface area contributed by atoms with Crippen molar-refractivity contribution in [3.63, 3.8) is 0 Å². The summed E-state index contributed by atoms with van der Waals surface area (Å²) >= 11 is 0. The SMILES string of the molecule is CC1CCCC(N(C)C(=O)C(=O)NCCN)C1. The molecular formula is C12H23N3O2. The van der Waals surface area contributed by atoms with Gasteiger partial charge in [0.25, 0.3) is 0 Å². The molecule has 98 valence electrons. The number of hydrogen-bond acceptors (Lipinski definition) is 3. The van der Waals surface area contributed by atoms with Crippen LogP contribution in [0.2, 0.25) is 0 Å². The number of nitrogens with one attached hydrogen (secondary N) is 1. The molecule has 0 spiro atoms. The molecule has 0 aromatic rings. The summed E-state index contributed by atoms with van der Waals surface area (Å²) in [7, 11) is 1.72. The van der Waals surface area contributed by atoms with Crippen molar-refractivity contribution in [2.75, 3.05) is 20.1 Å². The number of carbonyl (C=O) groups is 2. The van der Waals surface area contributed by atoms with Crippen LogP contribution in [0.5, 0.6) is 0 Å². The minimum atomic E-state index is -0.545. The van der Waals surface area contributed by atoms with Crippen LogP contribution < -0.4 is 11.1 Å². The quantitative estimate of drug-likeness (QED) is 0.688. The van der Waals surface area contributed by atoms with Crippen molar-refractivity contribution in [3.8, 4) is 0 Å². The highest BCUT2D eigenvalue weighted by atomic mass is 16.2. The second-order valence-corrected chi connectivity index (χ2v) is 4.89. The summed E-state index contributed by atoms with van der Waals surface area (Å²) in [5, 5.41) is 2.51. The van der Waals surface area contributed by atoms with Crippen molar-refractivity contribution in [1.29, 1.82) is 0 Å². The molecule has 1 fully saturated rings. The third-order valence-corrected chi connectivity index (χ3v) is 3.40. The van der Waals surface area contributed by atoms with E-state index in [1.165, 1.54) is 6.42 Å². The lowest BCUT2D eigenvalue weighted by Crippen LogP contribution is -2.47. The van der Waals surface area contributed by atoms with Crippen molar-refractivity contribution in [1.82, 2.24) is 10.2 Å². The van der Waals surface area contributed by atoms with Crippen molar-refractivity contribution in [2.24, 2.45) is 11.7 Å². The molecule has 5 heteroatoms. The second kappa shape index (κ2) is 6.59. The number of nitrogens with zero attached hydrogens (tertiary/aromatic N) is 1. The maximum absolute atomic E-state index is 11.8. The molecule has 5 nitrogen and oxygen atoms in total. The molecule has 1 rings (SSSR count). The highest BCUT2D eigenvalue weighted by molar-refractivity contribution is 6.35. The van der Waals surface area contributed by atoms with Gasteiger partial charge in [0, 0.05) is 26.2 Å². The van der Waals surface area contributed by atoms with Crippen molar-refractivity contribution in [3.05, 3.63) is 0 Å². The highest BCUT2D eigenvalue weighted by Gasteiger charge is 2.28. The molecule has 0 bridgehead atoms. The molecule has 3 N–H and O–H groups in total. The number of rotatable bonds is 3. The van der Waals surface area contributed by atoms with E-state index in [0.29, 0.717) is 19.0 Å². The average molecular weight is 241 g/mol. The molecule has 0 aromatic carbocycles. The summed E-state index contributed by atoms with van der Waals surface area (Å²) in [5.41, 5.74) is 5.27. The Labute approximate surface area is 103 Å². The van der Waals surface area contributed by atoms with E-state index in [-0.39, 0.29) is 6.04 Å². The molecule has 0 heterocycles. The highest BCUT2D eigenvalue weighted by Crippen LogP contribution is 2.26. The standard InChI is InChI=1S/C12H23N3O2/c1-9-4-3-5-10(8-9)15(2)12(17)11(16)14-7-6-13/h9-10H,3-8,13H2,1-2H3,(H,14,16). The third kappa shape index (κ3) is 4.00. The maximum atomic E-state index is 11.8. The van der Waals surface area contributed by atoms with Gasteiger partial charge in [0.1, 0.15) is 0 Å². The van der Waals surface area contributed by atoms with Gasteiger partial charge in [-0.2, -0.15) is 0 Å². The number of amides is 2. The van der Waals surface area contributed by atoms with E-state index >= 15 is 0 Å². The van der Waals surface area contributed by atoms with Gasteiger partial charge in [-0.3, -0.25) is 9.59 Å². The zero-order chi connectivity index (χ0) is 12.8. The first-order valence-electron chi connectivity index (χ1n) is 6.31. The summed E-state index contributed by atoms with van der Waals surface area (Å²) in [4.78, 5) is 24.9. The van der Waals surface area contributed by atoms with E-state index in [1.54, 1.807) is 11.9 Å². The first kappa shape index (κ1) is 14.0. The van der Waals surface area contributed by atoms with E-state index in [4.69, 9.17) is 5.73 Å². The van der Waals surface area contributed by atoms with Crippen molar-refractivity contribution >= 4 is 11.8 Å². The Hall–Kier alpha value is -1.10. The van der Waals surface area contributed by atoms with E-state index in [1.807, 2.05) is 0 Å². The molecule has 1 aliphatic rings. The summed E-state index contributed by atoms with van der Waals surface area (Å²) < 4.78 is 0. The first-order chi connectivity index (χ1) is 8.06. The molecule has 2 unspecified atom stereocenters. The molecule has 1 aliphatic carbocycles. The molecule has 0 radical (unpaired) electrons. The monoisotopic (exact) mass is 241 g/mol. The van der Waals surface area contributed by atoms with Crippen LogP contribution in [0.3, 0.4) is 0 Å². The lowest BCUT2D eigenvalue weighted by atomic mass is 9.86. The van der Waals surface area contributed by atoms with Gasteiger partial charge >= 0.3 is 11.8 Å². The lowest BCUT2D eigenvalue weighted by molar-refractivity contribution is -0.146. The van der Waals surface area contributed by atoms with Gasteiger partial charge in [-0.15, -0.1) is 0 Å². The zero-order valence-electron chi connectivity index (χ0n) is 10.7. The topological polar surface area (TPSA) is 75.4 Å². The van der Waals surface area contributed by atoms with Gasteiger partial charge in [0.2, 0.25) is 0 Å². The number of carbonyl (C=O) groups excluding carboxylic acids is 2. The van der Waals surface area contributed by atoms with Gasteiger partial charge in [-0.05, 0) is 18.8 Å². The van der Waals surface area contributed by atoms with Crippen molar-refractivity contribution in [2.45, 2.75) is 38.6 Å². The summed E-state index contributed by atoms with van der Waals surface area (Å²) in [6.07, 6.45) is 4.34. The maximum Gasteiger partial charge on any atom is 0.311 e. The largest absolute Gasteiger partial charge is 0.347 e. The van der Waals surface area contributed by atoms with Gasteiger partial charge in [-0.1, -0.05) is 19.8 Å². The van der Waals surface area contributed by atoms with E-state index in [0.717, 1.165) is 19.3 Å². The Balaban J connectivity index is 2.47. The molecule has 2 amide bonds. The van der Waals surface area contributed by atoms with Crippen LogP contribution in [0.25, 0.3) is 0 Å². The zero-order valence-corrected chi connectivity index (χ0v) is 10.7. The molecule has 0 aromatic heterocycles. The van der Waals surface area contributed by atoms with Crippen LogP contribution in [-0.2, 0) is 9.59 Å². The predicted octanol–water partition coefficient (Wildman–Crippen LogP) is 0.0984. The summed E-state index contributed by atoms with van der Waals surface area (Å²) in [6, 6.07) is 0.204. The normalized spacial score (nSPS) is 24.2. The fraction of sp³-hybridized carbons (Fsp3) is 0.833. The Morgan fingerprint density at radius 2 is 2.12 bits per heavy atom. The van der Waals surface area contributed by atoms with Gasteiger partial charge in [-0.25, -0.2) is 0 Å². The van der Waals surface area contributed by atoms with Crippen LogP contribution in [0.1, 0.15) is 32.6 Å². The first-order valence-corrected chi connectivity index (χ1v) is 6.31. The molecule has 0 saturated heterocycles. The van der Waals surface area contributed by atoms with Crippen LogP contribution in [-0.4, -0.2) is 42.9 Å². The summed E-state index contributed by atoms with van der Waals surface area (Å²) in [5.74, 6) is -0.357. The fourth-order valence-electron chi connectivity index (χ4n) is 2.34. The van der Waals surface area contributed by atoms with Crippen LogP contribution in [0.4, 0.5) is 0 Å². The lowest BCUT2D eigenvalue weighted by Gasteiger charge is -2.33. The van der Waals surface area contributed by atoms with E-state index in [9.17, 15) is 9.59 Å². The van der Waals surface area contributed by atoms with E-state index < -0.39 is 11.8 Å². The third-order valence-electron chi connectivity index (χ3n) is 3.40. The molecule has 17 heavy (non-hydrogen) atoms. The number of hydrogen-bond donors (Lipinski definition) is 2. The summed E-state index contributed by atoms with van der Waals surface area (Å²) in [6.45, 7) is 2.89. The number of likely N-dealkylation sites (N-methyl/N-ethyl adjacent to an activating group) is 1. The van der Waals surface area contributed by atoms with Gasteiger partial charge in [0.05, 0.1) is 0 Å². The second-order valence-electron chi connectivity index (χ2n) is 4.89. The van der Waals surface area contributed by atoms with Crippen molar-refractivity contribution < 1.29 is 9.59 Å². The Kier molecular flexibility index (Phi) is 5.41. The Morgan fingerprint density at radius 3 is 2.71 bits per heavy atom. The van der Waals surface area contributed by atoms with Crippen LogP contribution in [0.15, 0.2) is 0 Å². The van der Waals surface area contributed by atoms with E-state index in [2.05, 4.69) is 12.2 Å². The smallest absolute Gasteiger partial charge is 0.311 e. The van der Waals surface area contributed by atoms with Gasteiger partial charge in [0.15, 0.2) is 0 Å².